The predicted molar refractivity (Wildman–Crippen MR) is 85.3 cm³/mol. The second-order valence-corrected chi connectivity index (χ2v) is 5.71. The average molecular weight is 294 g/mol. The lowest BCUT2D eigenvalue weighted by Gasteiger charge is -2.13. The van der Waals surface area contributed by atoms with Gasteiger partial charge in [-0.15, -0.1) is 0 Å². The number of nitrogens with one attached hydrogen (secondary N) is 1. The molecule has 0 radical (unpaired) electrons. The molecule has 1 fully saturated rings. The lowest BCUT2D eigenvalue weighted by atomic mass is 10.0. The van der Waals surface area contributed by atoms with E-state index in [9.17, 15) is 0 Å². The fourth-order valence-electron chi connectivity index (χ4n) is 2.70. The number of amidine groups is 1. The van der Waals surface area contributed by atoms with Gasteiger partial charge >= 0.3 is 0 Å². The number of aliphatic imine (C=N–C) groups is 1. The number of allylic oxidation sites excluding steroid dienone is 1. The van der Waals surface area contributed by atoms with Crippen LogP contribution in [0.1, 0.15) is 37.3 Å². The SMILES string of the molecule is N#CCC(CC1CC1)n1cc(/C(C=N)=C2\C=CN=C2N)cn1. The molecule has 1 aliphatic heterocycles. The summed E-state index contributed by atoms with van der Waals surface area (Å²) in [7, 11) is 0. The van der Waals surface area contributed by atoms with Gasteiger partial charge in [-0.1, -0.05) is 12.8 Å². The largest absolute Gasteiger partial charge is 0.383 e. The van der Waals surface area contributed by atoms with E-state index in [-0.39, 0.29) is 6.04 Å². The van der Waals surface area contributed by atoms with E-state index in [1.54, 1.807) is 18.5 Å². The van der Waals surface area contributed by atoms with Crippen molar-refractivity contribution in [3.8, 4) is 6.07 Å². The Hall–Kier alpha value is -2.68. The Morgan fingerprint density at radius 1 is 1.59 bits per heavy atom. The van der Waals surface area contributed by atoms with E-state index in [1.165, 1.54) is 19.1 Å². The molecular weight excluding hydrogens is 276 g/mol. The van der Waals surface area contributed by atoms with Crippen LogP contribution in [0.5, 0.6) is 0 Å². The lowest BCUT2D eigenvalue weighted by Crippen LogP contribution is -2.12. The van der Waals surface area contributed by atoms with Gasteiger partial charge in [0.2, 0.25) is 0 Å². The molecule has 0 saturated heterocycles. The summed E-state index contributed by atoms with van der Waals surface area (Å²) >= 11 is 0. The molecule has 0 aromatic carbocycles. The maximum absolute atomic E-state index is 9.02. The van der Waals surface area contributed by atoms with Crippen molar-refractivity contribution in [1.82, 2.24) is 9.78 Å². The first-order valence-electron chi connectivity index (χ1n) is 7.39. The monoisotopic (exact) mass is 294 g/mol. The smallest absolute Gasteiger partial charge is 0.131 e. The van der Waals surface area contributed by atoms with Crippen molar-refractivity contribution in [3.63, 3.8) is 0 Å². The molecule has 22 heavy (non-hydrogen) atoms. The number of rotatable bonds is 6. The van der Waals surface area contributed by atoms with Crippen molar-refractivity contribution in [2.24, 2.45) is 16.6 Å². The zero-order valence-electron chi connectivity index (χ0n) is 12.2. The summed E-state index contributed by atoms with van der Waals surface area (Å²) in [5.74, 6) is 1.14. The molecule has 6 heteroatoms. The molecule has 6 nitrogen and oxygen atoms in total. The molecule has 0 spiro atoms. The quantitative estimate of drug-likeness (QED) is 0.787. The van der Waals surface area contributed by atoms with Gasteiger partial charge in [0, 0.05) is 35.3 Å². The lowest BCUT2D eigenvalue weighted by molar-refractivity contribution is 0.410. The average Bonchev–Trinajstić information content (AvgIpc) is 3.03. The van der Waals surface area contributed by atoms with Gasteiger partial charge in [-0.2, -0.15) is 10.4 Å². The Bertz CT molecular complexity index is 711. The van der Waals surface area contributed by atoms with Crippen LogP contribution in [0.4, 0.5) is 0 Å². The standard InChI is InChI=1S/C16H18N6/c17-5-3-13(7-11-1-2-11)22-10-12(9-21-22)15(8-18)14-4-6-20-16(14)19/h4,6,8-11,13,18H,1-3,7H2,(H2,19,20)/b15-14+,18-8?. The van der Waals surface area contributed by atoms with Crippen molar-refractivity contribution < 1.29 is 0 Å². The number of nitriles is 1. The third-order valence-corrected chi connectivity index (χ3v) is 4.08. The van der Waals surface area contributed by atoms with E-state index in [4.69, 9.17) is 16.4 Å². The van der Waals surface area contributed by atoms with Gasteiger partial charge in [0.1, 0.15) is 5.84 Å². The first kappa shape index (κ1) is 14.3. The van der Waals surface area contributed by atoms with Gasteiger partial charge in [0.05, 0.1) is 24.7 Å². The first-order chi connectivity index (χ1) is 10.7. The normalized spacial score (nSPS) is 20.4. The van der Waals surface area contributed by atoms with Crippen molar-refractivity contribution in [2.75, 3.05) is 0 Å². The molecule has 1 aromatic heterocycles. The van der Waals surface area contributed by atoms with E-state index in [0.717, 1.165) is 23.5 Å². The fourth-order valence-corrected chi connectivity index (χ4v) is 2.70. The third-order valence-electron chi connectivity index (χ3n) is 4.08. The molecule has 112 valence electrons. The summed E-state index contributed by atoms with van der Waals surface area (Å²) in [4.78, 5) is 4.01. The summed E-state index contributed by atoms with van der Waals surface area (Å²) < 4.78 is 1.85. The summed E-state index contributed by atoms with van der Waals surface area (Å²) in [6.07, 6.45) is 12.3. The van der Waals surface area contributed by atoms with Gasteiger partial charge < -0.3 is 11.1 Å². The fraction of sp³-hybridized carbons (Fsp3) is 0.375. The van der Waals surface area contributed by atoms with E-state index in [0.29, 0.717) is 17.8 Å². The van der Waals surface area contributed by atoms with Crippen LogP contribution in [-0.4, -0.2) is 21.8 Å². The van der Waals surface area contributed by atoms with Crippen molar-refractivity contribution >= 4 is 17.6 Å². The number of aromatic nitrogens is 2. The zero-order chi connectivity index (χ0) is 15.5. The molecule has 2 heterocycles. The van der Waals surface area contributed by atoms with Crippen LogP contribution in [0.2, 0.25) is 0 Å². The summed E-state index contributed by atoms with van der Waals surface area (Å²) in [5, 5.41) is 21.1. The number of nitrogens with two attached hydrogens (primary N) is 1. The van der Waals surface area contributed by atoms with Crippen LogP contribution in [0.15, 0.2) is 35.2 Å². The van der Waals surface area contributed by atoms with Crippen LogP contribution in [0.3, 0.4) is 0 Å². The Labute approximate surface area is 129 Å². The van der Waals surface area contributed by atoms with Crippen molar-refractivity contribution in [1.29, 1.82) is 10.7 Å². The van der Waals surface area contributed by atoms with Crippen molar-refractivity contribution in [3.05, 3.63) is 35.8 Å². The minimum Gasteiger partial charge on any atom is -0.383 e. The Balaban J connectivity index is 1.88. The highest BCUT2D eigenvalue weighted by molar-refractivity contribution is 6.21. The maximum Gasteiger partial charge on any atom is 0.131 e. The number of hydrogen-bond donors (Lipinski definition) is 2. The molecular formula is C16H18N6. The van der Waals surface area contributed by atoms with Gasteiger partial charge in [-0.05, 0) is 18.4 Å². The molecule has 0 amide bonds. The summed E-state index contributed by atoms with van der Waals surface area (Å²) in [6.45, 7) is 0. The van der Waals surface area contributed by atoms with Gasteiger partial charge in [-0.25, -0.2) is 4.99 Å². The highest BCUT2D eigenvalue weighted by Gasteiger charge is 2.27. The summed E-state index contributed by atoms with van der Waals surface area (Å²) in [5.41, 5.74) is 8.11. The van der Waals surface area contributed by atoms with Crippen LogP contribution < -0.4 is 5.73 Å². The zero-order valence-corrected chi connectivity index (χ0v) is 12.2. The minimum atomic E-state index is 0.105. The molecule has 3 N–H and O–H groups in total. The molecule has 1 aliphatic carbocycles. The van der Waals surface area contributed by atoms with Crippen molar-refractivity contribution in [2.45, 2.75) is 31.7 Å². The summed E-state index contributed by atoms with van der Waals surface area (Å²) in [6, 6.07) is 2.35. The topological polar surface area (TPSA) is 104 Å². The predicted octanol–water partition coefficient (Wildman–Crippen LogP) is 2.43. The van der Waals surface area contributed by atoms with Gasteiger partial charge in [0.25, 0.3) is 0 Å². The van der Waals surface area contributed by atoms with E-state index < -0.39 is 0 Å². The second kappa shape index (κ2) is 5.98. The molecule has 0 bridgehead atoms. The molecule has 3 rings (SSSR count). The highest BCUT2D eigenvalue weighted by atomic mass is 15.3. The van der Waals surface area contributed by atoms with Gasteiger partial charge in [0.15, 0.2) is 0 Å². The first-order valence-corrected chi connectivity index (χ1v) is 7.39. The van der Waals surface area contributed by atoms with Crippen LogP contribution in [0.25, 0.3) is 5.57 Å². The van der Waals surface area contributed by atoms with Crippen LogP contribution in [0, 0.1) is 22.7 Å². The van der Waals surface area contributed by atoms with E-state index in [1.807, 2.05) is 10.9 Å². The van der Waals surface area contributed by atoms with Crippen LogP contribution >= 0.6 is 0 Å². The van der Waals surface area contributed by atoms with E-state index >= 15 is 0 Å². The van der Waals surface area contributed by atoms with Crippen LogP contribution in [-0.2, 0) is 0 Å². The number of nitrogens with zero attached hydrogens (tertiary/aromatic N) is 4. The third kappa shape index (κ3) is 2.84. The molecule has 1 saturated carbocycles. The molecule has 1 atom stereocenters. The Morgan fingerprint density at radius 3 is 3.00 bits per heavy atom. The molecule has 1 unspecified atom stereocenters. The maximum atomic E-state index is 9.02. The Kier molecular flexibility index (Phi) is 3.88. The molecule has 2 aliphatic rings. The van der Waals surface area contributed by atoms with Gasteiger partial charge in [-0.3, -0.25) is 4.68 Å². The highest BCUT2D eigenvalue weighted by Crippen LogP contribution is 2.37. The minimum absolute atomic E-state index is 0.105. The molecule has 1 aromatic rings. The second-order valence-electron chi connectivity index (χ2n) is 5.71. The Morgan fingerprint density at radius 2 is 2.41 bits per heavy atom. The van der Waals surface area contributed by atoms with E-state index in [2.05, 4.69) is 16.2 Å². The number of hydrogen-bond acceptors (Lipinski definition) is 5.